The Kier molecular flexibility index (Phi) is 4.41. The number of nitrogens with one attached hydrogen (secondary N) is 2. The molecule has 2 nitrogen and oxygen atoms in total. The smallest absolute Gasteiger partial charge is 0.0358 e. The second-order valence-electron chi connectivity index (χ2n) is 4.29. The van der Waals surface area contributed by atoms with E-state index in [0.717, 1.165) is 6.54 Å². The van der Waals surface area contributed by atoms with Gasteiger partial charge in [-0.05, 0) is 19.2 Å². The van der Waals surface area contributed by atoms with Crippen LogP contribution in [0.3, 0.4) is 0 Å². The molecule has 2 unspecified atom stereocenters. The number of hydrogen-bond acceptors (Lipinski definition) is 2. The van der Waals surface area contributed by atoms with Gasteiger partial charge >= 0.3 is 0 Å². The van der Waals surface area contributed by atoms with Crippen LogP contribution in [0.1, 0.15) is 13.8 Å². The van der Waals surface area contributed by atoms with E-state index in [1.165, 1.54) is 16.8 Å². The summed E-state index contributed by atoms with van der Waals surface area (Å²) in [6, 6.07) is 0. The number of allylic oxidation sites excluding steroid dienone is 4. The lowest BCUT2D eigenvalue weighted by Crippen LogP contribution is -2.28. The molecule has 1 aliphatic carbocycles. The minimum Gasteiger partial charge on any atom is -0.391 e. The van der Waals surface area contributed by atoms with Crippen molar-refractivity contribution in [2.45, 2.75) is 13.8 Å². The lowest BCUT2D eigenvalue weighted by atomic mass is 9.77. The third kappa shape index (κ3) is 2.57. The zero-order valence-corrected chi connectivity index (χ0v) is 10.5. The molecule has 0 radical (unpaired) electrons. The Morgan fingerprint density at radius 1 is 1.50 bits per heavy atom. The molecule has 0 aromatic rings. The monoisotopic (exact) mass is 218 g/mol. The molecule has 0 heterocycles. The first-order valence-electron chi connectivity index (χ1n) is 5.69. The summed E-state index contributed by atoms with van der Waals surface area (Å²) < 4.78 is 0. The Morgan fingerprint density at radius 3 is 2.75 bits per heavy atom. The van der Waals surface area contributed by atoms with E-state index in [4.69, 9.17) is 0 Å². The predicted molar refractivity (Wildman–Crippen MR) is 70.9 cm³/mol. The maximum absolute atomic E-state index is 4.18. The van der Waals surface area contributed by atoms with E-state index in [2.05, 4.69) is 49.8 Å². The number of hydrogen-bond donors (Lipinski definition) is 2. The van der Waals surface area contributed by atoms with Gasteiger partial charge in [-0.2, -0.15) is 0 Å². The first-order chi connectivity index (χ1) is 7.61. The fourth-order valence-electron chi connectivity index (χ4n) is 2.35. The highest BCUT2D eigenvalue weighted by molar-refractivity contribution is 5.33. The van der Waals surface area contributed by atoms with Crippen molar-refractivity contribution in [2.75, 3.05) is 13.6 Å². The zero-order chi connectivity index (χ0) is 12.1. The molecule has 2 heteroatoms. The first-order valence-corrected chi connectivity index (χ1v) is 5.69. The summed E-state index contributed by atoms with van der Waals surface area (Å²) in [6.45, 7) is 13.0. The molecule has 1 aliphatic rings. The molecule has 16 heavy (non-hydrogen) atoms. The Hall–Kier alpha value is -1.44. The van der Waals surface area contributed by atoms with Crippen molar-refractivity contribution in [1.82, 2.24) is 10.6 Å². The molecule has 0 aliphatic heterocycles. The largest absolute Gasteiger partial charge is 0.391 e. The van der Waals surface area contributed by atoms with Crippen molar-refractivity contribution in [3.63, 3.8) is 0 Å². The van der Waals surface area contributed by atoms with Crippen LogP contribution < -0.4 is 10.6 Å². The van der Waals surface area contributed by atoms with Crippen LogP contribution in [0.4, 0.5) is 0 Å². The van der Waals surface area contributed by atoms with Crippen molar-refractivity contribution >= 4 is 0 Å². The van der Waals surface area contributed by atoms with Gasteiger partial charge in [0.15, 0.2) is 0 Å². The van der Waals surface area contributed by atoms with Crippen LogP contribution in [0.5, 0.6) is 0 Å². The van der Waals surface area contributed by atoms with Crippen LogP contribution in [-0.4, -0.2) is 13.6 Å². The van der Waals surface area contributed by atoms with Crippen molar-refractivity contribution in [3.8, 4) is 0 Å². The normalized spacial score (nSPS) is 24.2. The molecule has 0 spiro atoms. The third-order valence-corrected chi connectivity index (χ3v) is 3.21. The second-order valence-corrected chi connectivity index (χ2v) is 4.29. The first kappa shape index (κ1) is 12.6. The Balaban J connectivity index is 2.80. The maximum atomic E-state index is 4.18. The lowest BCUT2D eigenvalue weighted by molar-refractivity contribution is 0.487. The Labute approximate surface area is 98.8 Å². The molecule has 2 N–H and O–H groups in total. The lowest BCUT2D eigenvalue weighted by Gasteiger charge is -2.31. The van der Waals surface area contributed by atoms with Crippen LogP contribution >= 0.6 is 0 Å². The molecular formula is C14H22N2. The van der Waals surface area contributed by atoms with Crippen molar-refractivity contribution in [3.05, 3.63) is 48.4 Å². The average Bonchev–Trinajstić information content (AvgIpc) is 2.26. The van der Waals surface area contributed by atoms with Crippen LogP contribution in [0.25, 0.3) is 0 Å². The molecule has 0 saturated carbocycles. The molecule has 2 atom stereocenters. The van der Waals surface area contributed by atoms with Gasteiger partial charge in [-0.25, -0.2) is 0 Å². The highest BCUT2D eigenvalue weighted by Gasteiger charge is 2.26. The summed E-state index contributed by atoms with van der Waals surface area (Å²) in [5, 5.41) is 6.37. The summed E-state index contributed by atoms with van der Waals surface area (Å²) in [4.78, 5) is 0. The molecule has 88 valence electrons. The molecule has 0 aromatic heterocycles. The van der Waals surface area contributed by atoms with Gasteiger partial charge in [-0.1, -0.05) is 37.3 Å². The Morgan fingerprint density at radius 2 is 2.19 bits per heavy atom. The minimum absolute atomic E-state index is 0.417. The summed E-state index contributed by atoms with van der Waals surface area (Å²) >= 11 is 0. The molecule has 0 saturated heterocycles. The Bertz CT molecular complexity index is 337. The quantitative estimate of drug-likeness (QED) is 0.693. The van der Waals surface area contributed by atoms with Gasteiger partial charge in [-0.3, -0.25) is 0 Å². The van der Waals surface area contributed by atoms with E-state index in [-0.39, 0.29) is 0 Å². The van der Waals surface area contributed by atoms with Gasteiger partial charge in [0.2, 0.25) is 0 Å². The van der Waals surface area contributed by atoms with Crippen molar-refractivity contribution < 1.29 is 0 Å². The predicted octanol–water partition coefficient (Wildman–Crippen LogP) is 2.59. The van der Waals surface area contributed by atoms with E-state index < -0.39 is 0 Å². The van der Waals surface area contributed by atoms with E-state index in [9.17, 15) is 0 Å². The van der Waals surface area contributed by atoms with E-state index in [0.29, 0.717) is 11.8 Å². The highest BCUT2D eigenvalue weighted by atomic mass is 14.9. The average molecular weight is 218 g/mol. The van der Waals surface area contributed by atoms with Crippen LogP contribution in [0, 0.1) is 11.8 Å². The van der Waals surface area contributed by atoms with Gasteiger partial charge < -0.3 is 10.6 Å². The summed E-state index contributed by atoms with van der Waals surface area (Å²) in [5.74, 6) is 0.883. The van der Waals surface area contributed by atoms with E-state index >= 15 is 0 Å². The van der Waals surface area contributed by atoms with Crippen molar-refractivity contribution in [1.29, 1.82) is 0 Å². The molecule has 0 amide bonds. The van der Waals surface area contributed by atoms with Crippen LogP contribution in [0.2, 0.25) is 0 Å². The fraction of sp³-hybridized carbons (Fsp3) is 0.429. The second kappa shape index (κ2) is 5.59. The molecule has 0 fully saturated rings. The summed E-state index contributed by atoms with van der Waals surface area (Å²) in [7, 11) is 1.97. The van der Waals surface area contributed by atoms with Crippen molar-refractivity contribution in [2.24, 2.45) is 11.8 Å². The van der Waals surface area contributed by atoms with Gasteiger partial charge in [0.1, 0.15) is 0 Å². The van der Waals surface area contributed by atoms with Gasteiger partial charge in [0.05, 0.1) is 0 Å². The molecule has 1 rings (SSSR count). The molecule has 0 bridgehead atoms. The fourth-order valence-corrected chi connectivity index (χ4v) is 2.35. The van der Waals surface area contributed by atoms with Gasteiger partial charge in [0.25, 0.3) is 0 Å². The standard InChI is InChI=1S/C14H22N2/c1-6-16-9-11(3)14-10(2)7-8-13(15-5)12(14)4/h6-8,12,14-16H,1,3,9H2,2,4-5H3. The highest BCUT2D eigenvalue weighted by Crippen LogP contribution is 2.34. The number of rotatable bonds is 5. The van der Waals surface area contributed by atoms with Gasteiger partial charge in [-0.15, -0.1) is 0 Å². The van der Waals surface area contributed by atoms with E-state index in [1.807, 2.05) is 7.05 Å². The van der Waals surface area contributed by atoms with E-state index in [1.54, 1.807) is 6.20 Å². The molecule has 0 aromatic carbocycles. The minimum atomic E-state index is 0.417. The summed E-state index contributed by atoms with van der Waals surface area (Å²) in [5.41, 5.74) is 3.86. The zero-order valence-electron chi connectivity index (χ0n) is 10.5. The topological polar surface area (TPSA) is 24.1 Å². The van der Waals surface area contributed by atoms with Crippen LogP contribution in [0.15, 0.2) is 48.4 Å². The molecular weight excluding hydrogens is 196 g/mol. The van der Waals surface area contributed by atoms with Gasteiger partial charge in [0, 0.05) is 31.1 Å². The summed E-state index contributed by atoms with van der Waals surface area (Å²) in [6.07, 6.45) is 6.05. The SMILES string of the molecule is C=CNCC(=C)C1C(C)=CC=C(NC)C1C. The third-order valence-electron chi connectivity index (χ3n) is 3.21. The van der Waals surface area contributed by atoms with Crippen LogP contribution in [-0.2, 0) is 0 Å². The maximum Gasteiger partial charge on any atom is 0.0358 e.